The summed E-state index contributed by atoms with van der Waals surface area (Å²) in [6.07, 6.45) is 0.953. The molecule has 0 heterocycles. The van der Waals surface area contributed by atoms with E-state index < -0.39 is 0 Å². The Balaban J connectivity index is 3.29. The van der Waals surface area contributed by atoms with Gasteiger partial charge in [0.15, 0.2) is 0 Å². The zero-order chi connectivity index (χ0) is 6.57. The lowest BCUT2D eigenvalue weighted by atomic mass is 10.2. The minimum absolute atomic E-state index is 0.0469. The summed E-state index contributed by atoms with van der Waals surface area (Å²) < 4.78 is 0. The first kappa shape index (κ1) is 8.73. The molecular formula is C5H10BrClO. The van der Waals surface area contributed by atoms with Crippen LogP contribution in [0.25, 0.3) is 0 Å². The summed E-state index contributed by atoms with van der Waals surface area (Å²) in [5.41, 5.74) is 0. The van der Waals surface area contributed by atoms with Crippen molar-refractivity contribution >= 4 is 27.5 Å². The first-order valence-corrected chi connectivity index (χ1v) is 3.96. The summed E-state index contributed by atoms with van der Waals surface area (Å²) in [6.45, 7) is 2.07. The third kappa shape index (κ3) is 2.90. The van der Waals surface area contributed by atoms with Crippen LogP contribution in [0.3, 0.4) is 0 Å². The van der Waals surface area contributed by atoms with Crippen molar-refractivity contribution in [1.82, 2.24) is 0 Å². The molecule has 0 saturated carbocycles. The Bertz CT molecular complexity index is 52.4. The molecule has 0 fully saturated rings. The van der Waals surface area contributed by atoms with E-state index in [0.717, 1.165) is 6.42 Å². The van der Waals surface area contributed by atoms with Gasteiger partial charge in [0, 0.05) is 4.83 Å². The van der Waals surface area contributed by atoms with Gasteiger partial charge in [0.05, 0.1) is 12.0 Å². The van der Waals surface area contributed by atoms with Crippen LogP contribution < -0.4 is 0 Å². The maximum Gasteiger partial charge on any atom is 0.0691 e. The van der Waals surface area contributed by atoms with Gasteiger partial charge in [-0.05, 0) is 6.42 Å². The van der Waals surface area contributed by atoms with E-state index in [1.54, 1.807) is 0 Å². The van der Waals surface area contributed by atoms with Gasteiger partial charge in [-0.15, -0.1) is 11.6 Å². The molecule has 0 aromatic rings. The molecule has 8 heavy (non-hydrogen) atoms. The molecule has 0 aliphatic heterocycles. The lowest BCUT2D eigenvalue weighted by Gasteiger charge is -2.09. The normalized spacial score (nSPS) is 18.0. The van der Waals surface area contributed by atoms with Gasteiger partial charge in [-0.25, -0.2) is 0 Å². The summed E-state index contributed by atoms with van der Waals surface area (Å²) in [6, 6.07) is 0. The third-order valence-corrected chi connectivity index (χ3v) is 2.99. The number of halogens is 2. The van der Waals surface area contributed by atoms with Crippen LogP contribution in [-0.2, 0) is 0 Å². The molecule has 1 nitrogen and oxygen atoms in total. The highest BCUT2D eigenvalue weighted by molar-refractivity contribution is 9.09. The Labute approximate surface area is 63.2 Å². The van der Waals surface area contributed by atoms with Gasteiger partial charge in [-0.2, -0.15) is 0 Å². The number of aliphatic hydroxyl groups is 1. The minimum Gasteiger partial charge on any atom is -0.395 e. The number of hydrogen-bond donors (Lipinski definition) is 1. The van der Waals surface area contributed by atoms with Crippen LogP contribution in [0.2, 0.25) is 0 Å². The van der Waals surface area contributed by atoms with Gasteiger partial charge in [-0.3, -0.25) is 0 Å². The van der Waals surface area contributed by atoms with E-state index in [1.165, 1.54) is 0 Å². The van der Waals surface area contributed by atoms with Crippen molar-refractivity contribution < 1.29 is 5.11 Å². The molecule has 1 N–H and O–H groups in total. The van der Waals surface area contributed by atoms with E-state index in [2.05, 4.69) is 15.9 Å². The fourth-order valence-electron chi connectivity index (χ4n) is 0.370. The highest BCUT2D eigenvalue weighted by Gasteiger charge is 2.11. The van der Waals surface area contributed by atoms with Crippen molar-refractivity contribution in [3.63, 3.8) is 0 Å². The van der Waals surface area contributed by atoms with E-state index in [9.17, 15) is 0 Å². The quantitative estimate of drug-likeness (QED) is 0.690. The van der Waals surface area contributed by atoms with Gasteiger partial charge in [0.2, 0.25) is 0 Å². The second-order valence-corrected chi connectivity index (χ2v) is 3.36. The van der Waals surface area contributed by atoms with Crippen LogP contribution in [0.1, 0.15) is 13.3 Å². The van der Waals surface area contributed by atoms with Crippen molar-refractivity contribution in [2.75, 3.05) is 6.61 Å². The summed E-state index contributed by atoms with van der Waals surface area (Å²) in [4.78, 5) is 0.245. The topological polar surface area (TPSA) is 20.2 Å². The van der Waals surface area contributed by atoms with E-state index in [4.69, 9.17) is 16.7 Å². The SMILES string of the molecule is CC[C@H](Br)[C@H](Cl)CO. The molecule has 0 aromatic carbocycles. The van der Waals surface area contributed by atoms with Gasteiger partial charge < -0.3 is 5.11 Å². The average molecular weight is 201 g/mol. The van der Waals surface area contributed by atoms with Gasteiger partial charge >= 0.3 is 0 Å². The highest BCUT2D eigenvalue weighted by atomic mass is 79.9. The maximum absolute atomic E-state index is 8.47. The van der Waals surface area contributed by atoms with Crippen LogP contribution in [0.4, 0.5) is 0 Å². The largest absolute Gasteiger partial charge is 0.395 e. The molecule has 0 spiro atoms. The molecule has 0 saturated heterocycles. The Morgan fingerprint density at radius 3 is 2.38 bits per heavy atom. The number of hydrogen-bond acceptors (Lipinski definition) is 1. The standard InChI is InChI=1S/C5H10BrClO/c1-2-4(6)5(7)3-8/h4-5,8H,2-3H2,1H3/t4-,5+/m0/s1. The predicted octanol–water partition coefficient (Wildman–Crippen LogP) is 1.76. The molecule has 0 unspecified atom stereocenters. The smallest absolute Gasteiger partial charge is 0.0691 e. The molecule has 0 amide bonds. The summed E-state index contributed by atoms with van der Waals surface area (Å²) in [5.74, 6) is 0. The van der Waals surface area contributed by atoms with Crippen LogP contribution in [0.5, 0.6) is 0 Å². The van der Waals surface area contributed by atoms with Crippen LogP contribution in [0.15, 0.2) is 0 Å². The van der Waals surface area contributed by atoms with Gasteiger partial charge in [-0.1, -0.05) is 22.9 Å². The first-order chi connectivity index (χ1) is 3.72. The van der Waals surface area contributed by atoms with Crippen molar-refractivity contribution in [3.05, 3.63) is 0 Å². The third-order valence-electron chi connectivity index (χ3n) is 0.957. The second kappa shape index (κ2) is 4.59. The fraction of sp³-hybridized carbons (Fsp3) is 1.00. The van der Waals surface area contributed by atoms with Crippen LogP contribution in [-0.4, -0.2) is 21.9 Å². The molecule has 0 aliphatic rings. The number of aliphatic hydroxyl groups excluding tert-OH is 1. The van der Waals surface area contributed by atoms with E-state index in [0.29, 0.717) is 0 Å². The highest BCUT2D eigenvalue weighted by Crippen LogP contribution is 2.14. The van der Waals surface area contributed by atoms with Crippen LogP contribution >= 0.6 is 27.5 Å². The van der Waals surface area contributed by atoms with Gasteiger partial charge in [0.25, 0.3) is 0 Å². The first-order valence-electron chi connectivity index (χ1n) is 2.61. The molecule has 3 heteroatoms. The van der Waals surface area contributed by atoms with Crippen molar-refractivity contribution in [1.29, 1.82) is 0 Å². The zero-order valence-electron chi connectivity index (χ0n) is 4.77. The zero-order valence-corrected chi connectivity index (χ0v) is 7.11. The Hall–Kier alpha value is 0.730. The van der Waals surface area contributed by atoms with Crippen molar-refractivity contribution in [2.45, 2.75) is 23.5 Å². The lowest BCUT2D eigenvalue weighted by molar-refractivity contribution is 0.290. The minimum atomic E-state index is -0.139. The lowest BCUT2D eigenvalue weighted by Crippen LogP contribution is -2.17. The Morgan fingerprint density at radius 1 is 1.75 bits per heavy atom. The van der Waals surface area contributed by atoms with Crippen LogP contribution in [0, 0.1) is 0 Å². The van der Waals surface area contributed by atoms with Gasteiger partial charge in [0.1, 0.15) is 0 Å². The Kier molecular flexibility index (Phi) is 5.01. The average Bonchev–Trinajstić information content (AvgIpc) is 1.84. The van der Waals surface area contributed by atoms with Crippen molar-refractivity contribution in [2.24, 2.45) is 0 Å². The number of rotatable bonds is 3. The van der Waals surface area contributed by atoms with E-state index >= 15 is 0 Å². The monoisotopic (exact) mass is 200 g/mol. The summed E-state index contributed by atoms with van der Waals surface area (Å²) in [5, 5.41) is 8.34. The molecule has 0 bridgehead atoms. The second-order valence-electron chi connectivity index (χ2n) is 1.62. The molecular weight excluding hydrogens is 191 g/mol. The molecule has 50 valence electrons. The Morgan fingerprint density at radius 2 is 2.25 bits per heavy atom. The van der Waals surface area contributed by atoms with E-state index in [1.807, 2.05) is 6.92 Å². The summed E-state index contributed by atoms with van der Waals surface area (Å²) in [7, 11) is 0. The molecule has 0 rings (SSSR count). The molecule has 0 aliphatic carbocycles. The van der Waals surface area contributed by atoms with Crippen molar-refractivity contribution in [3.8, 4) is 0 Å². The fourth-order valence-corrected chi connectivity index (χ4v) is 0.715. The summed E-state index contributed by atoms with van der Waals surface area (Å²) >= 11 is 8.93. The predicted molar refractivity (Wildman–Crippen MR) is 39.7 cm³/mol. The molecule has 0 aromatic heterocycles. The molecule has 0 radical (unpaired) electrons. The van der Waals surface area contributed by atoms with E-state index in [-0.39, 0.29) is 16.8 Å². The molecule has 2 atom stereocenters. The maximum atomic E-state index is 8.47. The number of alkyl halides is 2.